The standard InChI is InChI=1S/C32H37F2N3O6S/c1-4-28(32(39)35-25-7-5-6-8-25)36(20-22-9-11-23(33)12-10-22)31(38)21-37(26-15-13-24(34)14-16-26)44(40,41)27-17-18-29(42-2)30(19-27)43-3/h9-19,25,28H,4-8,20-21H2,1-3H3,(H,35,39). The van der Waals surface area contributed by atoms with Gasteiger partial charge in [0.1, 0.15) is 24.2 Å². The quantitative estimate of drug-likeness (QED) is 0.284. The van der Waals surface area contributed by atoms with Crippen LogP contribution in [0.2, 0.25) is 0 Å². The van der Waals surface area contributed by atoms with E-state index >= 15 is 0 Å². The number of carbonyl (C=O) groups is 2. The molecule has 0 radical (unpaired) electrons. The molecule has 1 aliphatic carbocycles. The molecule has 1 saturated carbocycles. The maximum Gasteiger partial charge on any atom is 0.264 e. The van der Waals surface area contributed by atoms with Crippen LogP contribution in [0.4, 0.5) is 14.5 Å². The molecular weight excluding hydrogens is 592 g/mol. The van der Waals surface area contributed by atoms with E-state index in [1.165, 1.54) is 73.7 Å². The van der Waals surface area contributed by atoms with Crippen molar-refractivity contribution in [1.29, 1.82) is 0 Å². The molecule has 1 N–H and O–H groups in total. The van der Waals surface area contributed by atoms with E-state index in [0.29, 0.717) is 11.3 Å². The largest absolute Gasteiger partial charge is 0.493 e. The Bertz CT molecular complexity index is 1550. The van der Waals surface area contributed by atoms with Gasteiger partial charge in [0.25, 0.3) is 10.0 Å². The number of anilines is 1. The van der Waals surface area contributed by atoms with Crippen molar-refractivity contribution in [1.82, 2.24) is 10.2 Å². The van der Waals surface area contributed by atoms with Crippen molar-refractivity contribution >= 4 is 27.5 Å². The average molecular weight is 630 g/mol. The Morgan fingerprint density at radius 2 is 1.50 bits per heavy atom. The molecule has 1 atom stereocenters. The summed E-state index contributed by atoms with van der Waals surface area (Å²) in [7, 11) is -1.64. The third kappa shape index (κ3) is 7.65. The van der Waals surface area contributed by atoms with E-state index in [-0.39, 0.29) is 41.2 Å². The van der Waals surface area contributed by atoms with Gasteiger partial charge in [0.2, 0.25) is 11.8 Å². The first kappa shape index (κ1) is 32.7. The zero-order valence-corrected chi connectivity index (χ0v) is 25.8. The van der Waals surface area contributed by atoms with Gasteiger partial charge >= 0.3 is 0 Å². The number of methoxy groups -OCH3 is 2. The van der Waals surface area contributed by atoms with E-state index in [1.807, 2.05) is 0 Å². The number of rotatable bonds is 13. The number of amides is 2. The minimum absolute atomic E-state index is 0.000432. The molecule has 0 saturated heterocycles. The zero-order chi connectivity index (χ0) is 31.9. The van der Waals surface area contributed by atoms with Crippen LogP contribution < -0.4 is 19.1 Å². The Labute approximate surface area is 256 Å². The van der Waals surface area contributed by atoms with E-state index in [1.54, 1.807) is 6.92 Å². The molecule has 9 nitrogen and oxygen atoms in total. The van der Waals surface area contributed by atoms with Gasteiger partial charge in [-0.15, -0.1) is 0 Å². The number of hydrogen-bond acceptors (Lipinski definition) is 6. The predicted molar refractivity (Wildman–Crippen MR) is 162 cm³/mol. The molecule has 0 heterocycles. The number of halogens is 2. The van der Waals surface area contributed by atoms with Crippen LogP contribution in [0.3, 0.4) is 0 Å². The topological polar surface area (TPSA) is 105 Å². The SMILES string of the molecule is CCC(C(=O)NC1CCCC1)N(Cc1ccc(F)cc1)C(=O)CN(c1ccc(F)cc1)S(=O)(=O)c1ccc(OC)c(OC)c1. The molecule has 3 aromatic carbocycles. The second-order valence-electron chi connectivity index (χ2n) is 10.6. The van der Waals surface area contributed by atoms with Gasteiger partial charge in [-0.2, -0.15) is 0 Å². The minimum Gasteiger partial charge on any atom is -0.493 e. The number of sulfonamides is 1. The summed E-state index contributed by atoms with van der Waals surface area (Å²) in [6.45, 7) is 1.00. The fraction of sp³-hybridized carbons (Fsp3) is 0.375. The minimum atomic E-state index is -4.43. The first-order valence-corrected chi connectivity index (χ1v) is 15.9. The highest BCUT2D eigenvalue weighted by atomic mass is 32.2. The van der Waals surface area contributed by atoms with Gasteiger partial charge in [-0.05, 0) is 73.4 Å². The van der Waals surface area contributed by atoms with Gasteiger partial charge in [-0.25, -0.2) is 17.2 Å². The summed E-state index contributed by atoms with van der Waals surface area (Å²) in [4.78, 5) is 28.8. The molecular formula is C32H37F2N3O6S. The molecule has 12 heteroatoms. The molecule has 2 amide bonds. The molecule has 0 spiro atoms. The van der Waals surface area contributed by atoms with Crippen molar-refractivity contribution in [3.05, 3.63) is 83.9 Å². The fourth-order valence-corrected chi connectivity index (χ4v) is 6.74. The molecule has 4 rings (SSSR count). The lowest BCUT2D eigenvalue weighted by molar-refractivity contribution is -0.140. The monoisotopic (exact) mass is 629 g/mol. The van der Waals surface area contributed by atoms with Gasteiger partial charge in [-0.1, -0.05) is 31.9 Å². The van der Waals surface area contributed by atoms with Crippen molar-refractivity contribution < 1.29 is 36.3 Å². The van der Waals surface area contributed by atoms with Gasteiger partial charge in [0.05, 0.1) is 24.8 Å². The molecule has 0 bridgehead atoms. The average Bonchev–Trinajstić information content (AvgIpc) is 3.53. The van der Waals surface area contributed by atoms with Gasteiger partial charge in [0, 0.05) is 18.7 Å². The lowest BCUT2D eigenvalue weighted by atomic mass is 10.1. The summed E-state index contributed by atoms with van der Waals surface area (Å²) in [6.07, 6.45) is 3.94. The van der Waals surface area contributed by atoms with Crippen molar-refractivity contribution in [2.45, 2.75) is 62.6 Å². The highest BCUT2D eigenvalue weighted by Gasteiger charge is 2.35. The van der Waals surface area contributed by atoms with Crippen molar-refractivity contribution in [2.24, 2.45) is 0 Å². The second kappa shape index (κ2) is 14.5. The lowest BCUT2D eigenvalue weighted by Gasteiger charge is -2.33. The van der Waals surface area contributed by atoms with Gasteiger partial charge in [-0.3, -0.25) is 13.9 Å². The van der Waals surface area contributed by atoms with E-state index < -0.39 is 40.2 Å². The number of nitrogens with zero attached hydrogens (tertiary/aromatic N) is 2. The Morgan fingerprint density at radius 3 is 2.07 bits per heavy atom. The second-order valence-corrected chi connectivity index (χ2v) is 12.4. The van der Waals surface area contributed by atoms with Crippen LogP contribution in [0.25, 0.3) is 0 Å². The highest BCUT2D eigenvalue weighted by molar-refractivity contribution is 7.92. The molecule has 1 unspecified atom stereocenters. The third-order valence-electron chi connectivity index (χ3n) is 7.69. The summed E-state index contributed by atoms with van der Waals surface area (Å²) in [5.41, 5.74) is 0.600. The molecule has 1 aliphatic rings. The van der Waals surface area contributed by atoms with Crippen LogP contribution in [-0.4, -0.2) is 58.0 Å². The van der Waals surface area contributed by atoms with E-state index in [0.717, 1.165) is 42.1 Å². The number of hydrogen-bond donors (Lipinski definition) is 1. The van der Waals surface area contributed by atoms with Crippen LogP contribution in [0.5, 0.6) is 11.5 Å². The number of ether oxygens (including phenoxy) is 2. The molecule has 3 aromatic rings. The molecule has 236 valence electrons. The normalized spacial score (nSPS) is 14.1. The maximum atomic E-state index is 14.2. The van der Waals surface area contributed by atoms with Crippen LogP contribution in [0.15, 0.2) is 71.6 Å². The summed E-state index contributed by atoms with van der Waals surface area (Å²) >= 11 is 0. The summed E-state index contributed by atoms with van der Waals surface area (Å²) < 4.78 is 67.1. The van der Waals surface area contributed by atoms with Crippen molar-refractivity contribution in [2.75, 3.05) is 25.1 Å². The third-order valence-corrected chi connectivity index (χ3v) is 9.46. The van der Waals surface area contributed by atoms with Crippen molar-refractivity contribution in [3.63, 3.8) is 0 Å². The Morgan fingerprint density at radius 1 is 0.909 bits per heavy atom. The zero-order valence-electron chi connectivity index (χ0n) is 25.0. The Kier molecular flexibility index (Phi) is 10.8. The summed E-state index contributed by atoms with van der Waals surface area (Å²) in [5.74, 6) is -1.59. The Balaban J connectivity index is 1.73. The molecule has 1 fully saturated rings. The van der Waals surface area contributed by atoms with Crippen LogP contribution >= 0.6 is 0 Å². The van der Waals surface area contributed by atoms with Crippen LogP contribution in [0, 0.1) is 11.6 Å². The molecule has 0 aliphatic heterocycles. The van der Waals surface area contributed by atoms with Crippen molar-refractivity contribution in [3.8, 4) is 11.5 Å². The van der Waals surface area contributed by atoms with E-state index in [2.05, 4.69) is 5.32 Å². The maximum absolute atomic E-state index is 14.2. The smallest absolute Gasteiger partial charge is 0.264 e. The van der Waals surface area contributed by atoms with E-state index in [4.69, 9.17) is 9.47 Å². The number of nitrogens with one attached hydrogen (secondary N) is 1. The van der Waals surface area contributed by atoms with Crippen LogP contribution in [0.1, 0.15) is 44.6 Å². The molecule has 44 heavy (non-hydrogen) atoms. The van der Waals surface area contributed by atoms with Gasteiger partial charge in [0.15, 0.2) is 11.5 Å². The summed E-state index contributed by atoms with van der Waals surface area (Å²) in [5, 5.41) is 3.04. The fourth-order valence-electron chi connectivity index (χ4n) is 5.31. The first-order chi connectivity index (χ1) is 21.1. The number of carbonyl (C=O) groups excluding carboxylic acids is 2. The van der Waals surface area contributed by atoms with Crippen LogP contribution in [-0.2, 0) is 26.2 Å². The highest BCUT2D eigenvalue weighted by Crippen LogP contribution is 2.32. The number of benzene rings is 3. The lowest BCUT2D eigenvalue weighted by Crippen LogP contribution is -2.53. The first-order valence-electron chi connectivity index (χ1n) is 14.4. The molecule has 0 aromatic heterocycles. The Hall–Kier alpha value is -4.19. The predicted octanol–water partition coefficient (Wildman–Crippen LogP) is 5.04. The van der Waals surface area contributed by atoms with E-state index in [9.17, 15) is 26.8 Å². The summed E-state index contributed by atoms with van der Waals surface area (Å²) in [6, 6.07) is 13.3. The van der Waals surface area contributed by atoms with Gasteiger partial charge < -0.3 is 19.7 Å².